The van der Waals surface area contributed by atoms with Gasteiger partial charge in [-0.1, -0.05) is 30.3 Å². The number of carbonyl (C=O) groups is 1. The van der Waals surface area contributed by atoms with Crippen LogP contribution in [0.25, 0.3) is 0 Å². The Morgan fingerprint density at radius 2 is 1.80 bits per heavy atom. The largest absolute Gasteiger partial charge is 0.381 e. The van der Waals surface area contributed by atoms with Crippen LogP contribution in [0.3, 0.4) is 0 Å². The first-order valence-electron chi connectivity index (χ1n) is 9.81. The van der Waals surface area contributed by atoms with Crippen molar-refractivity contribution in [3.8, 4) is 0 Å². The van der Waals surface area contributed by atoms with E-state index in [0.717, 1.165) is 45.1 Å². The highest BCUT2D eigenvalue weighted by Gasteiger charge is 2.52. The van der Waals surface area contributed by atoms with E-state index >= 15 is 0 Å². The van der Waals surface area contributed by atoms with E-state index in [2.05, 4.69) is 40.1 Å². The minimum atomic E-state index is 0.0185. The molecular formula is C21H30N2O2. The third-order valence-electron chi connectivity index (χ3n) is 6.85. The van der Waals surface area contributed by atoms with E-state index in [0.29, 0.717) is 18.2 Å². The molecule has 4 heteroatoms. The summed E-state index contributed by atoms with van der Waals surface area (Å²) in [5, 5.41) is 0. The molecule has 136 valence electrons. The number of nitrogens with zero attached hydrogens (tertiary/aromatic N) is 2. The lowest BCUT2D eigenvalue weighted by molar-refractivity contribution is -0.130. The van der Waals surface area contributed by atoms with Gasteiger partial charge in [-0.05, 0) is 37.2 Å². The molecule has 1 aromatic carbocycles. The van der Waals surface area contributed by atoms with E-state index in [4.69, 9.17) is 4.74 Å². The molecule has 0 bridgehead atoms. The molecule has 0 N–H and O–H groups in total. The lowest BCUT2D eigenvalue weighted by Gasteiger charge is -2.47. The SMILES string of the molecule is CN1C(=O)C[C@H](c2ccccc2)C12CCN(CC1CCOCC1)CC2. The second kappa shape index (κ2) is 7.08. The zero-order chi connectivity index (χ0) is 17.3. The monoisotopic (exact) mass is 342 g/mol. The molecule has 0 saturated carbocycles. The van der Waals surface area contributed by atoms with E-state index in [1.54, 1.807) is 0 Å². The van der Waals surface area contributed by atoms with Crippen LogP contribution in [0.15, 0.2) is 30.3 Å². The van der Waals surface area contributed by atoms with Crippen LogP contribution < -0.4 is 0 Å². The number of likely N-dealkylation sites (N-methyl/N-ethyl adjacent to an activating group) is 1. The van der Waals surface area contributed by atoms with Crippen molar-refractivity contribution < 1.29 is 9.53 Å². The summed E-state index contributed by atoms with van der Waals surface area (Å²) in [7, 11) is 2.03. The Balaban J connectivity index is 1.46. The van der Waals surface area contributed by atoms with Crippen LogP contribution >= 0.6 is 0 Å². The van der Waals surface area contributed by atoms with Crippen molar-refractivity contribution in [2.45, 2.75) is 43.6 Å². The standard InChI is InChI=1S/C21H30N2O2/c1-22-20(24)15-19(18-5-3-2-4-6-18)21(22)9-11-23(12-10-21)16-17-7-13-25-14-8-17/h2-6,17,19H,7-16H2,1H3/t19-/m1/s1. The van der Waals surface area contributed by atoms with Crippen LogP contribution in [0.2, 0.25) is 0 Å². The number of likely N-dealkylation sites (tertiary alicyclic amines) is 2. The van der Waals surface area contributed by atoms with Gasteiger partial charge in [-0.15, -0.1) is 0 Å². The summed E-state index contributed by atoms with van der Waals surface area (Å²) in [6.07, 6.45) is 5.26. The first-order valence-corrected chi connectivity index (χ1v) is 9.81. The molecule has 0 aromatic heterocycles. The molecule has 3 heterocycles. The number of rotatable bonds is 3. The minimum absolute atomic E-state index is 0.0185. The molecule has 0 radical (unpaired) electrons. The van der Waals surface area contributed by atoms with Gasteiger partial charge < -0.3 is 14.5 Å². The Hall–Kier alpha value is -1.39. The number of benzene rings is 1. The lowest BCUT2D eigenvalue weighted by Crippen LogP contribution is -2.54. The predicted octanol–water partition coefficient (Wildman–Crippen LogP) is 2.89. The van der Waals surface area contributed by atoms with Crippen molar-refractivity contribution in [2.24, 2.45) is 5.92 Å². The second-order valence-corrected chi connectivity index (χ2v) is 8.08. The molecule has 0 aliphatic carbocycles. The molecule has 1 spiro atoms. The molecule has 1 aromatic rings. The summed E-state index contributed by atoms with van der Waals surface area (Å²) in [6, 6.07) is 10.7. The number of hydrogen-bond acceptors (Lipinski definition) is 3. The minimum Gasteiger partial charge on any atom is -0.381 e. The Bertz CT molecular complexity index is 589. The van der Waals surface area contributed by atoms with Crippen LogP contribution in [0.5, 0.6) is 0 Å². The third-order valence-corrected chi connectivity index (χ3v) is 6.85. The summed E-state index contributed by atoms with van der Waals surface area (Å²) >= 11 is 0. The van der Waals surface area contributed by atoms with Gasteiger partial charge in [-0.25, -0.2) is 0 Å². The highest BCUT2D eigenvalue weighted by molar-refractivity contribution is 5.81. The third kappa shape index (κ3) is 3.22. The molecule has 3 aliphatic rings. The van der Waals surface area contributed by atoms with Gasteiger partial charge in [0.15, 0.2) is 0 Å². The summed E-state index contributed by atoms with van der Waals surface area (Å²) in [5.41, 5.74) is 1.35. The Morgan fingerprint density at radius 3 is 2.48 bits per heavy atom. The fourth-order valence-electron chi connectivity index (χ4n) is 5.20. The van der Waals surface area contributed by atoms with E-state index in [1.165, 1.54) is 24.9 Å². The van der Waals surface area contributed by atoms with E-state index in [9.17, 15) is 4.79 Å². The number of ether oxygens (including phenoxy) is 1. The second-order valence-electron chi connectivity index (χ2n) is 8.08. The maximum atomic E-state index is 12.5. The first-order chi connectivity index (χ1) is 12.2. The maximum absolute atomic E-state index is 12.5. The quantitative estimate of drug-likeness (QED) is 0.847. The zero-order valence-electron chi connectivity index (χ0n) is 15.3. The predicted molar refractivity (Wildman–Crippen MR) is 98.5 cm³/mol. The molecule has 3 saturated heterocycles. The molecule has 4 nitrogen and oxygen atoms in total. The Labute approximate surface area is 151 Å². The first kappa shape index (κ1) is 17.0. The smallest absolute Gasteiger partial charge is 0.223 e. The van der Waals surface area contributed by atoms with Crippen LogP contribution in [0.1, 0.15) is 43.6 Å². The van der Waals surface area contributed by atoms with E-state index in [-0.39, 0.29) is 5.54 Å². The Kier molecular flexibility index (Phi) is 4.83. The van der Waals surface area contributed by atoms with Crippen LogP contribution in [-0.2, 0) is 9.53 Å². The lowest BCUT2D eigenvalue weighted by atomic mass is 9.73. The normalized spacial score (nSPS) is 28.0. The van der Waals surface area contributed by atoms with E-state index < -0.39 is 0 Å². The van der Waals surface area contributed by atoms with Gasteiger partial charge >= 0.3 is 0 Å². The van der Waals surface area contributed by atoms with Gasteiger partial charge in [-0.3, -0.25) is 4.79 Å². The summed E-state index contributed by atoms with van der Waals surface area (Å²) in [5.74, 6) is 1.44. The van der Waals surface area contributed by atoms with Gasteiger partial charge in [0.25, 0.3) is 0 Å². The maximum Gasteiger partial charge on any atom is 0.223 e. The highest BCUT2D eigenvalue weighted by Crippen LogP contribution is 2.48. The highest BCUT2D eigenvalue weighted by atomic mass is 16.5. The molecule has 0 unspecified atom stereocenters. The number of hydrogen-bond donors (Lipinski definition) is 0. The van der Waals surface area contributed by atoms with Crippen molar-refractivity contribution in [2.75, 3.05) is 39.9 Å². The van der Waals surface area contributed by atoms with Crippen LogP contribution in [-0.4, -0.2) is 61.1 Å². The topological polar surface area (TPSA) is 32.8 Å². The fourth-order valence-corrected chi connectivity index (χ4v) is 5.20. The van der Waals surface area contributed by atoms with Crippen molar-refractivity contribution in [3.05, 3.63) is 35.9 Å². The summed E-state index contributed by atoms with van der Waals surface area (Å²) in [4.78, 5) is 17.2. The molecule has 1 amide bonds. The van der Waals surface area contributed by atoms with Gasteiger partial charge in [0.1, 0.15) is 0 Å². The van der Waals surface area contributed by atoms with Gasteiger partial charge in [-0.2, -0.15) is 0 Å². The number of amides is 1. The van der Waals surface area contributed by atoms with Crippen molar-refractivity contribution in [3.63, 3.8) is 0 Å². The number of carbonyl (C=O) groups excluding carboxylic acids is 1. The van der Waals surface area contributed by atoms with E-state index in [1.807, 2.05) is 7.05 Å². The van der Waals surface area contributed by atoms with Crippen LogP contribution in [0, 0.1) is 5.92 Å². The average molecular weight is 342 g/mol. The van der Waals surface area contributed by atoms with Crippen molar-refractivity contribution >= 4 is 5.91 Å². The van der Waals surface area contributed by atoms with Gasteiger partial charge in [0.2, 0.25) is 5.91 Å². The number of piperidine rings is 1. The van der Waals surface area contributed by atoms with Crippen LogP contribution in [0.4, 0.5) is 0 Å². The van der Waals surface area contributed by atoms with Gasteiger partial charge in [0.05, 0.1) is 5.54 Å². The molecule has 25 heavy (non-hydrogen) atoms. The zero-order valence-corrected chi connectivity index (χ0v) is 15.3. The van der Waals surface area contributed by atoms with Crippen molar-refractivity contribution in [1.82, 2.24) is 9.80 Å². The summed E-state index contributed by atoms with van der Waals surface area (Å²) < 4.78 is 5.49. The molecule has 1 atom stereocenters. The Morgan fingerprint density at radius 1 is 1.12 bits per heavy atom. The average Bonchev–Trinajstić information content (AvgIpc) is 2.90. The van der Waals surface area contributed by atoms with Gasteiger partial charge in [0, 0.05) is 52.2 Å². The summed E-state index contributed by atoms with van der Waals surface area (Å²) in [6.45, 7) is 5.27. The molecular weight excluding hydrogens is 312 g/mol. The molecule has 4 rings (SSSR count). The molecule has 3 aliphatic heterocycles. The molecule has 3 fully saturated rings. The van der Waals surface area contributed by atoms with Crippen molar-refractivity contribution in [1.29, 1.82) is 0 Å². The fraction of sp³-hybridized carbons (Fsp3) is 0.667.